The van der Waals surface area contributed by atoms with Crippen molar-refractivity contribution in [3.63, 3.8) is 0 Å². The van der Waals surface area contributed by atoms with E-state index in [2.05, 4.69) is 0 Å². The summed E-state index contributed by atoms with van der Waals surface area (Å²) in [7, 11) is 0. The molecule has 98 valence electrons. The second-order valence-corrected chi connectivity index (χ2v) is 5.28. The number of non-ortho nitro benzene ring substituents is 1. The van der Waals surface area contributed by atoms with Crippen molar-refractivity contribution in [3.8, 4) is 0 Å². The first kappa shape index (κ1) is 13.4. The van der Waals surface area contributed by atoms with Crippen LogP contribution in [0.2, 0.25) is 0 Å². The maximum absolute atomic E-state index is 10.5. The zero-order chi connectivity index (χ0) is 13.8. The number of hydrogen-bond donors (Lipinski definition) is 1. The molecule has 0 fully saturated rings. The summed E-state index contributed by atoms with van der Waals surface area (Å²) in [5, 5.41) is 10.5. The van der Waals surface area contributed by atoms with Crippen LogP contribution in [0.1, 0.15) is 11.1 Å². The van der Waals surface area contributed by atoms with E-state index in [1.165, 1.54) is 12.1 Å². The number of nitrogens with zero attached hydrogens (tertiary/aromatic N) is 1. The van der Waals surface area contributed by atoms with Crippen LogP contribution >= 0.6 is 11.8 Å². The topological polar surface area (TPSA) is 69.2 Å². The predicted molar refractivity (Wildman–Crippen MR) is 78.2 cm³/mol. The van der Waals surface area contributed by atoms with Crippen LogP contribution in [0.5, 0.6) is 0 Å². The van der Waals surface area contributed by atoms with Gasteiger partial charge in [0.25, 0.3) is 5.69 Å². The molecule has 0 atom stereocenters. The molecule has 0 aliphatic rings. The first-order chi connectivity index (χ1) is 9.06. The van der Waals surface area contributed by atoms with E-state index >= 15 is 0 Å². The Morgan fingerprint density at radius 2 is 1.89 bits per heavy atom. The van der Waals surface area contributed by atoms with Crippen molar-refractivity contribution in [2.75, 3.05) is 5.73 Å². The lowest BCUT2D eigenvalue weighted by Gasteiger charge is -2.05. The largest absolute Gasteiger partial charge is 0.399 e. The minimum absolute atomic E-state index is 0.122. The Morgan fingerprint density at radius 3 is 2.47 bits per heavy atom. The second kappa shape index (κ2) is 5.75. The molecular weight excluding hydrogens is 260 g/mol. The molecule has 0 unspecified atom stereocenters. The molecule has 0 radical (unpaired) electrons. The molecule has 0 spiro atoms. The lowest BCUT2D eigenvalue weighted by molar-refractivity contribution is -0.384. The Kier molecular flexibility index (Phi) is 4.06. The fourth-order valence-corrected chi connectivity index (χ4v) is 2.57. The van der Waals surface area contributed by atoms with Gasteiger partial charge in [-0.05, 0) is 36.2 Å². The first-order valence-electron chi connectivity index (χ1n) is 5.78. The fraction of sp³-hybridized carbons (Fsp3) is 0.143. The molecule has 0 saturated heterocycles. The van der Waals surface area contributed by atoms with Crippen molar-refractivity contribution < 1.29 is 4.92 Å². The minimum atomic E-state index is -0.389. The second-order valence-electron chi connectivity index (χ2n) is 4.23. The van der Waals surface area contributed by atoms with Gasteiger partial charge in [-0.25, -0.2) is 0 Å². The molecule has 5 heteroatoms. The third kappa shape index (κ3) is 3.48. The molecule has 0 aliphatic heterocycles. The highest BCUT2D eigenvalue weighted by Crippen LogP contribution is 2.26. The number of thioether (sulfide) groups is 1. The van der Waals surface area contributed by atoms with Crippen LogP contribution in [0.3, 0.4) is 0 Å². The Labute approximate surface area is 115 Å². The SMILES string of the molecule is Cc1cc(SCc2ccc([N+](=O)[O-])cc2)ccc1N. The summed E-state index contributed by atoms with van der Waals surface area (Å²) < 4.78 is 0. The number of aryl methyl sites for hydroxylation is 1. The van der Waals surface area contributed by atoms with Crippen LogP contribution in [0, 0.1) is 17.0 Å². The third-order valence-corrected chi connectivity index (χ3v) is 3.86. The van der Waals surface area contributed by atoms with Gasteiger partial charge in [0, 0.05) is 28.5 Å². The summed E-state index contributed by atoms with van der Waals surface area (Å²) in [4.78, 5) is 11.3. The molecule has 0 bridgehead atoms. The average Bonchev–Trinajstić information content (AvgIpc) is 2.40. The highest BCUT2D eigenvalue weighted by atomic mass is 32.2. The van der Waals surface area contributed by atoms with Gasteiger partial charge in [0.05, 0.1) is 4.92 Å². The lowest BCUT2D eigenvalue weighted by Crippen LogP contribution is -1.90. The Morgan fingerprint density at radius 1 is 1.21 bits per heavy atom. The summed E-state index contributed by atoms with van der Waals surface area (Å²) in [5.41, 5.74) is 8.81. The molecule has 0 saturated carbocycles. The normalized spacial score (nSPS) is 10.4. The molecular formula is C14H14N2O2S. The van der Waals surface area contributed by atoms with Gasteiger partial charge in [0.2, 0.25) is 0 Å². The van der Waals surface area contributed by atoms with Gasteiger partial charge in [0.1, 0.15) is 0 Å². The summed E-state index contributed by atoms with van der Waals surface area (Å²) >= 11 is 1.69. The van der Waals surface area contributed by atoms with Gasteiger partial charge in [-0.3, -0.25) is 10.1 Å². The average molecular weight is 274 g/mol. The number of nitro benzene ring substituents is 1. The van der Waals surface area contributed by atoms with Crippen molar-refractivity contribution in [2.45, 2.75) is 17.6 Å². The van der Waals surface area contributed by atoms with E-state index in [4.69, 9.17) is 5.73 Å². The summed E-state index contributed by atoms with van der Waals surface area (Å²) in [6, 6.07) is 12.6. The van der Waals surface area contributed by atoms with Crippen molar-refractivity contribution in [3.05, 3.63) is 63.7 Å². The number of nitrogens with two attached hydrogens (primary N) is 1. The number of nitro groups is 1. The van der Waals surface area contributed by atoms with Crippen LogP contribution in [0.15, 0.2) is 47.4 Å². The van der Waals surface area contributed by atoms with E-state index in [9.17, 15) is 10.1 Å². The summed E-state index contributed by atoms with van der Waals surface area (Å²) in [6.07, 6.45) is 0. The van der Waals surface area contributed by atoms with Crippen LogP contribution < -0.4 is 5.73 Å². The summed E-state index contributed by atoms with van der Waals surface area (Å²) in [5.74, 6) is 0.779. The molecule has 2 aromatic rings. The van der Waals surface area contributed by atoms with Crippen molar-refractivity contribution in [2.24, 2.45) is 0 Å². The van der Waals surface area contributed by atoms with Crippen LogP contribution in [0.4, 0.5) is 11.4 Å². The lowest BCUT2D eigenvalue weighted by atomic mass is 10.2. The van der Waals surface area contributed by atoms with Gasteiger partial charge in [-0.15, -0.1) is 11.8 Å². The number of rotatable bonds is 4. The fourth-order valence-electron chi connectivity index (χ4n) is 1.62. The maximum atomic E-state index is 10.5. The highest BCUT2D eigenvalue weighted by Gasteiger charge is 2.04. The Bertz CT molecular complexity index is 597. The number of hydrogen-bond acceptors (Lipinski definition) is 4. The molecule has 2 rings (SSSR count). The molecule has 0 aromatic heterocycles. The number of benzene rings is 2. The molecule has 0 aliphatic carbocycles. The number of nitrogen functional groups attached to an aromatic ring is 1. The van der Waals surface area contributed by atoms with Crippen molar-refractivity contribution in [1.29, 1.82) is 0 Å². The third-order valence-electron chi connectivity index (χ3n) is 2.79. The van der Waals surface area contributed by atoms with E-state index in [1.807, 2.05) is 25.1 Å². The van der Waals surface area contributed by atoms with Gasteiger partial charge in [0.15, 0.2) is 0 Å². The zero-order valence-electron chi connectivity index (χ0n) is 10.5. The molecule has 19 heavy (non-hydrogen) atoms. The molecule has 4 nitrogen and oxygen atoms in total. The summed E-state index contributed by atoms with van der Waals surface area (Å²) in [6.45, 7) is 1.98. The molecule has 0 amide bonds. The standard InChI is InChI=1S/C14H14N2O2S/c1-10-8-13(6-7-14(10)15)19-9-11-2-4-12(5-3-11)16(17)18/h2-8H,9,15H2,1H3. The van der Waals surface area contributed by atoms with Gasteiger partial charge in [-0.2, -0.15) is 0 Å². The van der Waals surface area contributed by atoms with Crippen LogP contribution in [0.25, 0.3) is 0 Å². The quantitative estimate of drug-likeness (QED) is 0.399. The maximum Gasteiger partial charge on any atom is 0.269 e. The Balaban J connectivity index is 2.01. The smallest absolute Gasteiger partial charge is 0.269 e. The van der Waals surface area contributed by atoms with Gasteiger partial charge in [-0.1, -0.05) is 12.1 Å². The van der Waals surface area contributed by atoms with Gasteiger partial charge >= 0.3 is 0 Å². The van der Waals surface area contributed by atoms with Crippen LogP contribution in [-0.4, -0.2) is 4.92 Å². The monoisotopic (exact) mass is 274 g/mol. The van der Waals surface area contributed by atoms with E-state index < -0.39 is 0 Å². The minimum Gasteiger partial charge on any atom is -0.399 e. The van der Waals surface area contributed by atoms with Crippen molar-refractivity contribution in [1.82, 2.24) is 0 Å². The van der Waals surface area contributed by atoms with E-state index in [0.29, 0.717) is 0 Å². The molecule has 2 aromatic carbocycles. The van der Waals surface area contributed by atoms with Crippen molar-refractivity contribution >= 4 is 23.1 Å². The number of anilines is 1. The van der Waals surface area contributed by atoms with E-state index in [-0.39, 0.29) is 10.6 Å². The van der Waals surface area contributed by atoms with E-state index in [0.717, 1.165) is 27.5 Å². The molecule has 0 heterocycles. The highest BCUT2D eigenvalue weighted by molar-refractivity contribution is 7.98. The van der Waals surface area contributed by atoms with Crippen LogP contribution in [-0.2, 0) is 5.75 Å². The molecule has 2 N–H and O–H groups in total. The van der Waals surface area contributed by atoms with Gasteiger partial charge < -0.3 is 5.73 Å². The zero-order valence-corrected chi connectivity index (χ0v) is 11.3. The first-order valence-corrected chi connectivity index (χ1v) is 6.77. The predicted octanol–water partition coefficient (Wildman–Crippen LogP) is 3.78. The Hall–Kier alpha value is -2.01. The van der Waals surface area contributed by atoms with E-state index in [1.54, 1.807) is 23.9 Å².